The van der Waals surface area contributed by atoms with Crippen molar-refractivity contribution in [3.05, 3.63) is 59.8 Å². The van der Waals surface area contributed by atoms with Crippen molar-refractivity contribution in [1.82, 2.24) is 9.38 Å². The smallest absolute Gasteiger partial charge is 0.274 e. The lowest BCUT2D eigenvalue weighted by molar-refractivity contribution is 0.102. The standard InChI is InChI=1S/C19H20FN3O2/c1-3-4-11-25-16-8-6-15(7-9-16)22-19(24)18-13(2)21-17-10-5-14(20)12-23(17)18/h5-10,12H,3-4,11H2,1-2H3,(H,22,24). The Labute approximate surface area is 145 Å². The Bertz CT molecular complexity index is 888. The maximum atomic E-state index is 13.5. The molecular formula is C19H20FN3O2. The summed E-state index contributed by atoms with van der Waals surface area (Å²) in [6.07, 6.45) is 3.34. The Morgan fingerprint density at radius 2 is 2.00 bits per heavy atom. The molecule has 0 saturated heterocycles. The summed E-state index contributed by atoms with van der Waals surface area (Å²) in [5.74, 6) is 0.00212. The van der Waals surface area contributed by atoms with E-state index >= 15 is 0 Å². The number of carbonyl (C=O) groups excluding carboxylic acids is 1. The number of rotatable bonds is 6. The molecule has 0 bridgehead atoms. The number of ether oxygens (including phenoxy) is 1. The molecule has 0 unspecified atom stereocenters. The van der Waals surface area contributed by atoms with Crippen LogP contribution >= 0.6 is 0 Å². The molecule has 0 radical (unpaired) electrons. The Morgan fingerprint density at radius 3 is 2.72 bits per heavy atom. The molecule has 1 amide bonds. The second-order valence-electron chi connectivity index (χ2n) is 5.80. The Morgan fingerprint density at radius 1 is 1.24 bits per heavy atom. The number of nitrogens with one attached hydrogen (secondary N) is 1. The van der Waals surface area contributed by atoms with Crippen LogP contribution in [0.25, 0.3) is 5.65 Å². The molecule has 0 spiro atoms. The Hall–Kier alpha value is -2.89. The summed E-state index contributed by atoms with van der Waals surface area (Å²) in [7, 11) is 0. The van der Waals surface area contributed by atoms with E-state index in [4.69, 9.17) is 4.74 Å². The fourth-order valence-corrected chi connectivity index (χ4v) is 2.57. The van der Waals surface area contributed by atoms with E-state index in [1.165, 1.54) is 16.7 Å². The van der Waals surface area contributed by atoms with Crippen LogP contribution < -0.4 is 10.1 Å². The largest absolute Gasteiger partial charge is 0.494 e. The van der Waals surface area contributed by atoms with Crippen molar-refractivity contribution in [2.75, 3.05) is 11.9 Å². The first-order valence-electron chi connectivity index (χ1n) is 8.27. The second kappa shape index (κ2) is 7.34. The van der Waals surface area contributed by atoms with Crippen molar-refractivity contribution in [1.29, 1.82) is 0 Å². The van der Waals surface area contributed by atoms with E-state index in [0.717, 1.165) is 18.6 Å². The number of benzene rings is 1. The molecule has 5 nitrogen and oxygen atoms in total. The predicted octanol–water partition coefficient (Wildman–Crippen LogP) is 4.21. The highest BCUT2D eigenvalue weighted by atomic mass is 19.1. The maximum absolute atomic E-state index is 13.5. The summed E-state index contributed by atoms with van der Waals surface area (Å²) in [6.45, 7) is 4.51. The molecule has 0 aliphatic rings. The fourth-order valence-electron chi connectivity index (χ4n) is 2.57. The van der Waals surface area contributed by atoms with E-state index < -0.39 is 5.82 Å². The van der Waals surface area contributed by atoms with Gasteiger partial charge in [0.2, 0.25) is 0 Å². The molecule has 2 aromatic heterocycles. The van der Waals surface area contributed by atoms with Gasteiger partial charge in [-0.2, -0.15) is 0 Å². The van der Waals surface area contributed by atoms with Gasteiger partial charge in [0.05, 0.1) is 12.3 Å². The Balaban J connectivity index is 1.76. The summed E-state index contributed by atoms with van der Waals surface area (Å²) >= 11 is 0. The van der Waals surface area contributed by atoms with Gasteiger partial charge in [0.15, 0.2) is 0 Å². The molecule has 25 heavy (non-hydrogen) atoms. The molecule has 3 rings (SSSR count). The number of carbonyl (C=O) groups is 1. The van der Waals surface area contributed by atoms with Crippen LogP contribution in [0.1, 0.15) is 35.9 Å². The number of nitrogens with zero attached hydrogens (tertiary/aromatic N) is 2. The average Bonchev–Trinajstić information content (AvgIpc) is 2.91. The number of unbranched alkanes of at least 4 members (excludes halogenated alkanes) is 1. The lowest BCUT2D eigenvalue weighted by Gasteiger charge is -2.08. The monoisotopic (exact) mass is 341 g/mol. The number of halogens is 1. The third-order valence-electron chi connectivity index (χ3n) is 3.85. The molecule has 1 N–H and O–H groups in total. The van der Waals surface area contributed by atoms with Crippen LogP contribution in [-0.2, 0) is 0 Å². The number of anilines is 1. The molecule has 2 heterocycles. The highest BCUT2D eigenvalue weighted by Crippen LogP contribution is 2.19. The molecule has 0 saturated carbocycles. The maximum Gasteiger partial charge on any atom is 0.274 e. The van der Waals surface area contributed by atoms with E-state index in [2.05, 4.69) is 17.2 Å². The number of imidazole rings is 1. The molecule has 6 heteroatoms. The van der Waals surface area contributed by atoms with Crippen LogP contribution in [0.2, 0.25) is 0 Å². The van der Waals surface area contributed by atoms with Gasteiger partial charge in [-0.15, -0.1) is 0 Å². The van der Waals surface area contributed by atoms with Crippen molar-refractivity contribution in [2.45, 2.75) is 26.7 Å². The summed E-state index contributed by atoms with van der Waals surface area (Å²) in [5, 5.41) is 2.81. The van der Waals surface area contributed by atoms with Crippen molar-refractivity contribution in [3.8, 4) is 5.75 Å². The summed E-state index contributed by atoms with van der Waals surface area (Å²) in [4.78, 5) is 16.9. The van der Waals surface area contributed by atoms with Crippen LogP contribution in [-0.4, -0.2) is 21.9 Å². The van der Waals surface area contributed by atoms with Gasteiger partial charge in [-0.05, 0) is 49.7 Å². The highest BCUT2D eigenvalue weighted by Gasteiger charge is 2.17. The van der Waals surface area contributed by atoms with E-state index in [1.54, 1.807) is 25.1 Å². The van der Waals surface area contributed by atoms with Crippen LogP contribution in [0.4, 0.5) is 10.1 Å². The third-order valence-corrected chi connectivity index (χ3v) is 3.85. The van der Waals surface area contributed by atoms with E-state index in [-0.39, 0.29) is 5.91 Å². The van der Waals surface area contributed by atoms with Crippen molar-refractivity contribution in [2.24, 2.45) is 0 Å². The third kappa shape index (κ3) is 3.79. The van der Waals surface area contributed by atoms with Gasteiger partial charge >= 0.3 is 0 Å². The zero-order valence-electron chi connectivity index (χ0n) is 14.3. The molecule has 1 aromatic carbocycles. The first-order valence-corrected chi connectivity index (χ1v) is 8.27. The molecule has 3 aromatic rings. The van der Waals surface area contributed by atoms with Crippen LogP contribution in [0.5, 0.6) is 5.75 Å². The predicted molar refractivity (Wildman–Crippen MR) is 94.7 cm³/mol. The minimum Gasteiger partial charge on any atom is -0.494 e. The van der Waals surface area contributed by atoms with Gasteiger partial charge in [-0.1, -0.05) is 13.3 Å². The molecule has 130 valence electrons. The van der Waals surface area contributed by atoms with Crippen molar-refractivity contribution in [3.63, 3.8) is 0 Å². The summed E-state index contributed by atoms with van der Waals surface area (Å²) in [5.41, 5.74) is 2.03. The summed E-state index contributed by atoms with van der Waals surface area (Å²) in [6, 6.07) is 10.0. The van der Waals surface area contributed by atoms with Gasteiger partial charge in [0.1, 0.15) is 22.9 Å². The quantitative estimate of drug-likeness (QED) is 0.683. The lowest BCUT2D eigenvalue weighted by atomic mass is 10.2. The summed E-state index contributed by atoms with van der Waals surface area (Å²) < 4.78 is 20.6. The van der Waals surface area contributed by atoms with E-state index in [1.807, 2.05) is 12.1 Å². The van der Waals surface area contributed by atoms with Gasteiger partial charge in [0, 0.05) is 11.9 Å². The number of pyridine rings is 1. The minimum atomic E-state index is -0.424. The second-order valence-corrected chi connectivity index (χ2v) is 5.80. The van der Waals surface area contributed by atoms with E-state index in [0.29, 0.717) is 29.3 Å². The first kappa shape index (κ1) is 17.0. The van der Waals surface area contributed by atoms with Gasteiger partial charge < -0.3 is 10.1 Å². The number of aryl methyl sites for hydroxylation is 1. The lowest BCUT2D eigenvalue weighted by Crippen LogP contribution is -2.15. The zero-order valence-corrected chi connectivity index (χ0v) is 14.3. The van der Waals surface area contributed by atoms with Crippen LogP contribution in [0, 0.1) is 12.7 Å². The normalized spacial score (nSPS) is 10.8. The molecule has 0 fully saturated rings. The van der Waals surface area contributed by atoms with Crippen LogP contribution in [0.3, 0.4) is 0 Å². The number of amides is 1. The van der Waals surface area contributed by atoms with Gasteiger partial charge in [0.25, 0.3) is 5.91 Å². The highest BCUT2D eigenvalue weighted by molar-refractivity contribution is 6.04. The van der Waals surface area contributed by atoms with Crippen molar-refractivity contribution < 1.29 is 13.9 Å². The van der Waals surface area contributed by atoms with E-state index in [9.17, 15) is 9.18 Å². The zero-order chi connectivity index (χ0) is 17.8. The van der Waals surface area contributed by atoms with Gasteiger partial charge in [-0.25, -0.2) is 9.37 Å². The molecule has 0 aliphatic carbocycles. The average molecular weight is 341 g/mol. The molecular weight excluding hydrogens is 321 g/mol. The Kier molecular flexibility index (Phi) is 4.97. The number of hydrogen-bond acceptors (Lipinski definition) is 3. The molecule has 0 atom stereocenters. The van der Waals surface area contributed by atoms with Crippen molar-refractivity contribution >= 4 is 17.2 Å². The topological polar surface area (TPSA) is 55.6 Å². The number of fused-ring (bicyclic) bond motifs is 1. The number of aromatic nitrogens is 2. The molecule has 0 aliphatic heterocycles. The first-order chi connectivity index (χ1) is 12.1. The minimum absolute atomic E-state index is 0.317. The van der Waals surface area contributed by atoms with Crippen LogP contribution in [0.15, 0.2) is 42.6 Å². The number of hydrogen-bond donors (Lipinski definition) is 1. The van der Waals surface area contributed by atoms with Gasteiger partial charge in [-0.3, -0.25) is 9.20 Å². The SMILES string of the molecule is CCCCOc1ccc(NC(=O)c2c(C)nc3ccc(F)cn23)cc1. The fraction of sp³-hybridized carbons (Fsp3) is 0.263.